The third-order valence-corrected chi connectivity index (χ3v) is 4.28. The average Bonchev–Trinajstić information content (AvgIpc) is 2.49. The van der Waals surface area contributed by atoms with Crippen LogP contribution < -0.4 is 10.5 Å². The second-order valence-electron chi connectivity index (χ2n) is 6.08. The van der Waals surface area contributed by atoms with E-state index in [4.69, 9.17) is 5.11 Å². The highest BCUT2D eigenvalue weighted by atomic mass is 16.2. The first-order valence-corrected chi connectivity index (χ1v) is 8.13. The Morgan fingerprint density at radius 1 is 1.24 bits per heavy atom. The Morgan fingerprint density at radius 3 is 2.62 bits per heavy atom. The molecule has 5 heteroatoms. The lowest BCUT2D eigenvalue weighted by Crippen LogP contribution is -2.34. The van der Waals surface area contributed by atoms with Gasteiger partial charge in [0.05, 0.1) is 11.9 Å². The second-order valence-corrected chi connectivity index (χ2v) is 6.08. The van der Waals surface area contributed by atoms with Crippen LogP contribution in [0.2, 0.25) is 0 Å². The van der Waals surface area contributed by atoms with Gasteiger partial charge in [-0.1, -0.05) is 19.8 Å². The average molecular weight is 293 g/mol. The number of aryl methyl sites for hydroxylation is 1. The predicted molar refractivity (Wildman–Crippen MR) is 84.7 cm³/mol. The molecular weight excluding hydrogens is 266 g/mol. The summed E-state index contributed by atoms with van der Waals surface area (Å²) in [5, 5.41) is 13.0. The summed E-state index contributed by atoms with van der Waals surface area (Å²) in [6, 6.07) is 1.72. The summed E-state index contributed by atoms with van der Waals surface area (Å²) in [5.41, 5.74) is 0.955. The SMILES string of the molecule is CC1CCN(c2cnn(CCCCCCO)c(=O)c2)CC1. The summed E-state index contributed by atoms with van der Waals surface area (Å²) in [7, 11) is 0. The van der Waals surface area contributed by atoms with E-state index in [9.17, 15) is 4.79 Å². The van der Waals surface area contributed by atoms with Crippen molar-refractivity contribution in [1.29, 1.82) is 0 Å². The molecule has 0 atom stereocenters. The standard InChI is InChI=1S/C16H27N3O2/c1-14-6-9-18(10-7-14)15-12-16(21)19(17-13-15)8-4-2-3-5-11-20/h12-14,20H,2-11H2,1H3. The summed E-state index contributed by atoms with van der Waals surface area (Å²) in [4.78, 5) is 14.4. The van der Waals surface area contributed by atoms with Crippen LogP contribution in [0.3, 0.4) is 0 Å². The molecule has 1 N–H and O–H groups in total. The highest BCUT2D eigenvalue weighted by molar-refractivity contribution is 5.43. The summed E-state index contributed by atoms with van der Waals surface area (Å²) >= 11 is 0. The van der Waals surface area contributed by atoms with Crippen molar-refractivity contribution in [3.05, 3.63) is 22.6 Å². The van der Waals surface area contributed by atoms with Gasteiger partial charge in [0.15, 0.2) is 0 Å². The Balaban J connectivity index is 1.87. The van der Waals surface area contributed by atoms with Crippen LogP contribution in [0.4, 0.5) is 5.69 Å². The van der Waals surface area contributed by atoms with Crippen LogP contribution in [0.15, 0.2) is 17.1 Å². The maximum atomic E-state index is 12.1. The minimum absolute atomic E-state index is 0.00622. The van der Waals surface area contributed by atoms with Gasteiger partial charge in [-0.3, -0.25) is 4.79 Å². The first kappa shape index (κ1) is 16.0. The molecule has 1 aliphatic heterocycles. The molecule has 118 valence electrons. The fraction of sp³-hybridized carbons (Fsp3) is 0.750. The fourth-order valence-corrected chi connectivity index (χ4v) is 2.76. The monoisotopic (exact) mass is 293 g/mol. The number of anilines is 1. The summed E-state index contributed by atoms with van der Waals surface area (Å²) in [6.07, 6.45) is 8.02. The molecule has 21 heavy (non-hydrogen) atoms. The van der Waals surface area contributed by atoms with Crippen LogP contribution in [-0.4, -0.2) is 34.6 Å². The Hall–Kier alpha value is -1.36. The minimum Gasteiger partial charge on any atom is -0.396 e. The molecule has 0 saturated carbocycles. The second kappa shape index (κ2) is 8.17. The predicted octanol–water partition coefficient (Wildman–Crippen LogP) is 2.03. The van der Waals surface area contributed by atoms with E-state index in [0.29, 0.717) is 6.54 Å². The Bertz CT molecular complexity index is 479. The van der Waals surface area contributed by atoms with Crippen molar-refractivity contribution in [2.75, 3.05) is 24.6 Å². The molecule has 1 saturated heterocycles. The van der Waals surface area contributed by atoms with E-state index in [2.05, 4.69) is 16.9 Å². The van der Waals surface area contributed by atoms with E-state index in [1.807, 2.05) is 6.20 Å². The molecule has 5 nitrogen and oxygen atoms in total. The van der Waals surface area contributed by atoms with Crippen LogP contribution in [0.25, 0.3) is 0 Å². The van der Waals surface area contributed by atoms with Crippen LogP contribution in [0.5, 0.6) is 0 Å². The summed E-state index contributed by atoms with van der Waals surface area (Å²) in [5.74, 6) is 0.786. The normalized spacial score (nSPS) is 16.4. The highest BCUT2D eigenvalue weighted by Crippen LogP contribution is 2.20. The maximum Gasteiger partial charge on any atom is 0.268 e. The Kier molecular flexibility index (Phi) is 6.23. The van der Waals surface area contributed by atoms with Gasteiger partial charge in [-0.25, -0.2) is 4.68 Å². The molecule has 0 bridgehead atoms. The van der Waals surface area contributed by atoms with E-state index in [-0.39, 0.29) is 12.2 Å². The zero-order valence-electron chi connectivity index (χ0n) is 13.0. The van der Waals surface area contributed by atoms with Crippen LogP contribution in [0.1, 0.15) is 45.4 Å². The Morgan fingerprint density at radius 2 is 1.95 bits per heavy atom. The van der Waals surface area contributed by atoms with E-state index in [1.165, 1.54) is 12.8 Å². The zero-order valence-corrected chi connectivity index (χ0v) is 13.0. The fourth-order valence-electron chi connectivity index (χ4n) is 2.76. The van der Waals surface area contributed by atoms with Crippen LogP contribution >= 0.6 is 0 Å². The van der Waals surface area contributed by atoms with Gasteiger partial charge < -0.3 is 10.0 Å². The lowest BCUT2D eigenvalue weighted by molar-refractivity contribution is 0.282. The van der Waals surface area contributed by atoms with Gasteiger partial charge in [-0.15, -0.1) is 0 Å². The summed E-state index contributed by atoms with van der Waals surface area (Å²) in [6.45, 7) is 5.24. The number of unbranched alkanes of at least 4 members (excludes halogenated alkanes) is 3. The summed E-state index contributed by atoms with van der Waals surface area (Å²) < 4.78 is 1.55. The molecular formula is C16H27N3O2. The molecule has 0 radical (unpaired) electrons. The first-order valence-electron chi connectivity index (χ1n) is 8.13. The quantitative estimate of drug-likeness (QED) is 0.782. The molecule has 0 amide bonds. The van der Waals surface area contributed by atoms with Crippen molar-refractivity contribution in [2.45, 2.75) is 52.0 Å². The third kappa shape index (κ3) is 4.84. The van der Waals surface area contributed by atoms with Crippen molar-refractivity contribution < 1.29 is 5.11 Å². The first-order chi connectivity index (χ1) is 10.2. The molecule has 2 heterocycles. The topological polar surface area (TPSA) is 58.4 Å². The number of piperidine rings is 1. The van der Waals surface area contributed by atoms with Crippen molar-refractivity contribution in [3.63, 3.8) is 0 Å². The Labute approximate surface area is 126 Å². The zero-order chi connectivity index (χ0) is 15.1. The number of nitrogens with zero attached hydrogens (tertiary/aromatic N) is 3. The number of aromatic nitrogens is 2. The maximum absolute atomic E-state index is 12.1. The number of rotatable bonds is 7. The lowest BCUT2D eigenvalue weighted by Gasteiger charge is -2.31. The molecule has 1 aromatic heterocycles. The van der Waals surface area contributed by atoms with Gasteiger partial charge in [0.1, 0.15) is 0 Å². The molecule has 1 aliphatic rings. The van der Waals surface area contributed by atoms with Gasteiger partial charge in [0.25, 0.3) is 5.56 Å². The molecule has 2 rings (SSSR count). The van der Waals surface area contributed by atoms with Gasteiger partial charge in [-0.2, -0.15) is 5.10 Å². The molecule has 1 aromatic rings. The number of aliphatic hydroxyl groups excluding tert-OH is 1. The number of hydrogen-bond acceptors (Lipinski definition) is 4. The minimum atomic E-state index is -0.00622. The number of hydrogen-bond donors (Lipinski definition) is 1. The highest BCUT2D eigenvalue weighted by Gasteiger charge is 2.16. The van der Waals surface area contributed by atoms with Crippen LogP contribution in [-0.2, 0) is 6.54 Å². The van der Waals surface area contributed by atoms with E-state index >= 15 is 0 Å². The molecule has 0 spiro atoms. The smallest absolute Gasteiger partial charge is 0.268 e. The largest absolute Gasteiger partial charge is 0.396 e. The van der Waals surface area contributed by atoms with Gasteiger partial charge in [0, 0.05) is 32.3 Å². The van der Waals surface area contributed by atoms with Gasteiger partial charge in [-0.05, 0) is 31.6 Å². The number of aliphatic hydroxyl groups is 1. The van der Waals surface area contributed by atoms with Crippen LogP contribution in [0, 0.1) is 5.92 Å². The van der Waals surface area contributed by atoms with E-state index < -0.39 is 0 Å². The van der Waals surface area contributed by atoms with Gasteiger partial charge in [0.2, 0.25) is 0 Å². The van der Waals surface area contributed by atoms with E-state index in [0.717, 1.165) is 50.4 Å². The van der Waals surface area contributed by atoms with E-state index in [1.54, 1.807) is 10.7 Å². The molecule has 0 unspecified atom stereocenters. The van der Waals surface area contributed by atoms with Crippen molar-refractivity contribution in [3.8, 4) is 0 Å². The van der Waals surface area contributed by atoms with Crippen molar-refractivity contribution in [2.24, 2.45) is 5.92 Å². The van der Waals surface area contributed by atoms with Crippen molar-refractivity contribution in [1.82, 2.24) is 9.78 Å². The van der Waals surface area contributed by atoms with Gasteiger partial charge >= 0.3 is 0 Å². The third-order valence-electron chi connectivity index (χ3n) is 4.28. The molecule has 1 fully saturated rings. The molecule has 0 aliphatic carbocycles. The molecule has 0 aromatic carbocycles. The lowest BCUT2D eigenvalue weighted by atomic mass is 9.99. The van der Waals surface area contributed by atoms with Crippen molar-refractivity contribution >= 4 is 5.69 Å².